The van der Waals surface area contributed by atoms with Crippen LogP contribution in [0, 0.1) is 27.7 Å². The van der Waals surface area contributed by atoms with Crippen LogP contribution in [0.15, 0.2) is 32.7 Å². The Kier molecular flexibility index (Phi) is 2.91. The standard InChI is InChI=1S/C16H17O2P/c1-9-5-11(3)15-13(7-9)14-8-10(2)6-12(4)16(14)18-19-17-15/h5-8,19H,1-4H3. The second-order valence-electron chi connectivity index (χ2n) is 5.20. The van der Waals surface area contributed by atoms with Gasteiger partial charge in [-0.1, -0.05) is 12.1 Å². The molecule has 0 aliphatic rings. The van der Waals surface area contributed by atoms with Crippen molar-refractivity contribution in [3.8, 4) is 0 Å². The lowest BCUT2D eigenvalue weighted by atomic mass is 10.0. The third kappa shape index (κ3) is 2.06. The highest BCUT2D eigenvalue weighted by Crippen LogP contribution is 2.32. The van der Waals surface area contributed by atoms with Crippen LogP contribution in [0.1, 0.15) is 22.3 Å². The summed E-state index contributed by atoms with van der Waals surface area (Å²) in [5, 5.41) is 2.29. The summed E-state index contributed by atoms with van der Waals surface area (Å²) < 4.78 is 11.6. The first-order valence-electron chi connectivity index (χ1n) is 6.38. The van der Waals surface area contributed by atoms with Crippen LogP contribution in [0.25, 0.3) is 21.9 Å². The molecule has 0 N–H and O–H groups in total. The van der Waals surface area contributed by atoms with Crippen LogP contribution < -0.4 is 0 Å². The second-order valence-corrected chi connectivity index (χ2v) is 5.78. The first-order valence-corrected chi connectivity index (χ1v) is 7.19. The molecule has 3 rings (SSSR count). The van der Waals surface area contributed by atoms with Crippen molar-refractivity contribution in [3.63, 3.8) is 0 Å². The van der Waals surface area contributed by atoms with E-state index in [0.717, 1.165) is 33.1 Å². The Labute approximate surface area is 114 Å². The molecule has 3 aromatic rings. The second kappa shape index (κ2) is 4.47. The third-order valence-corrected chi connectivity index (χ3v) is 3.99. The Bertz CT molecular complexity index is 749. The van der Waals surface area contributed by atoms with Gasteiger partial charge in [0.1, 0.15) is 11.2 Å². The number of aryl methyl sites for hydroxylation is 4. The number of fused-ring (bicyclic) bond motifs is 3. The van der Waals surface area contributed by atoms with E-state index in [-0.39, 0.29) is 8.67 Å². The van der Waals surface area contributed by atoms with Gasteiger partial charge in [0, 0.05) is 10.8 Å². The molecule has 0 fully saturated rings. The van der Waals surface area contributed by atoms with Crippen LogP contribution in [0.3, 0.4) is 0 Å². The van der Waals surface area contributed by atoms with E-state index in [2.05, 4.69) is 52.0 Å². The molecule has 98 valence electrons. The predicted octanol–water partition coefficient (Wildman–Crippen LogP) is 5.57. The normalized spacial score (nSPS) is 11.2. The van der Waals surface area contributed by atoms with E-state index in [0.29, 0.717) is 0 Å². The highest BCUT2D eigenvalue weighted by molar-refractivity contribution is 7.15. The summed E-state index contributed by atoms with van der Waals surface area (Å²) in [6.45, 7) is 8.40. The minimum absolute atomic E-state index is 0.0151. The van der Waals surface area contributed by atoms with Crippen LogP contribution in [0.2, 0.25) is 0 Å². The fourth-order valence-electron chi connectivity index (χ4n) is 2.68. The maximum atomic E-state index is 5.82. The summed E-state index contributed by atoms with van der Waals surface area (Å²) in [6, 6.07) is 8.66. The molecule has 1 aromatic heterocycles. The van der Waals surface area contributed by atoms with E-state index in [4.69, 9.17) is 8.39 Å². The molecular formula is C16H17O2P. The summed E-state index contributed by atoms with van der Waals surface area (Å²) in [7, 11) is 0.0151. The molecular weight excluding hydrogens is 255 g/mol. The fraction of sp³-hybridized carbons (Fsp3) is 0.250. The fourth-order valence-corrected chi connectivity index (χ4v) is 3.43. The summed E-state index contributed by atoms with van der Waals surface area (Å²) in [4.78, 5) is 0. The van der Waals surface area contributed by atoms with Gasteiger partial charge in [-0.25, -0.2) is 0 Å². The molecule has 1 heterocycles. The molecule has 0 aliphatic carbocycles. The number of rotatable bonds is 0. The average Bonchev–Trinajstić information content (AvgIpc) is 2.50. The molecule has 3 heteroatoms. The monoisotopic (exact) mass is 272 g/mol. The zero-order valence-electron chi connectivity index (χ0n) is 11.6. The van der Waals surface area contributed by atoms with Crippen LogP contribution in [-0.4, -0.2) is 0 Å². The lowest BCUT2D eigenvalue weighted by Gasteiger charge is -2.03. The summed E-state index contributed by atoms with van der Waals surface area (Å²) in [6.07, 6.45) is 0. The molecule has 2 aromatic carbocycles. The van der Waals surface area contributed by atoms with E-state index in [1.54, 1.807) is 0 Å². The lowest BCUT2D eigenvalue weighted by molar-refractivity contribution is 0.659. The zero-order valence-corrected chi connectivity index (χ0v) is 12.6. The van der Waals surface area contributed by atoms with E-state index >= 15 is 0 Å². The van der Waals surface area contributed by atoms with Crippen LogP contribution >= 0.6 is 8.67 Å². The van der Waals surface area contributed by atoms with E-state index < -0.39 is 0 Å². The van der Waals surface area contributed by atoms with Gasteiger partial charge in [-0.3, -0.25) is 0 Å². The van der Waals surface area contributed by atoms with Crippen molar-refractivity contribution in [3.05, 3.63) is 46.5 Å². The molecule has 0 atom stereocenters. The first-order chi connectivity index (χ1) is 9.06. The maximum Gasteiger partial charge on any atom is 0.201 e. The minimum atomic E-state index is 0.0151. The Morgan fingerprint density at radius 2 is 1.11 bits per heavy atom. The molecule has 0 bridgehead atoms. The summed E-state index contributed by atoms with van der Waals surface area (Å²) in [5.74, 6) is 0. The largest absolute Gasteiger partial charge is 0.421 e. The van der Waals surface area contributed by atoms with Gasteiger partial charge < -0.3 is 8.39 Å². The smallest absolute Gasteiger partial charge is 0.201 e. The Morgan fingerprint density at radius 3 is 1.53 bits per heavy atom. The Morgan fingerprint density at radius 1 is 0.684 bits per heavy atom. The minimum Gasteiger partial charge on any atom is -0.421 e. The summed E-state index contributed by atoms with van der Waals surface area (Å²) in [5.41, 5.74) is 6.72. The predicted molar refractivity (Wildman–Crippen MR) is 82.1 cm³/mol. The van der Waals surface area contributed by atoms with Gasteiger partial charge >= 0.3 is 0 Å². The van der Waals surface area contributed by atoms with Gasteiger partial charge in [0.2, 0.25) is 8.67 Å². The number of hydrogen-bond acceptors (Lipinski definition) is 2. The topological polar surface area (TPSA) is 26.3 Å². The molecule has 0 amide bonds. The third-order valence-electron chi connectivity index (χ3n) is 3.42. The van der Waals surface area contributed by atoms with Crippen LogP contribution in [0.4, 0.5) is 0 Å². The van der Waals surface area contributed by atoms with Crippen molar-refractivity contribution < 1.29 is 8.39 Å². The quantitative estimate of drug-likeness (QED) is 0.535. The lowest BCUT2D eigenvalue weighted by Crippen LogP contribution is -1.83. The molecule has 2 nitrogen and oxygen atoms in total. The van der Waals surface area contributed by atoms with Crippen LogP contribution in [0.5, 0.6) is 0 Å². The van der Waals surface area contributed by atoms with E-state index in [1.807, 2.05) is 0 Å². The van der Waals surface area contributed by atoms with Gasteiger partial charge in [-0.2, -0.15) is 0 Å². The SMILES string of the molecule is Cc1cc(C)c2o[pH]oc3c(C)cc(C)cc3c2c1. The van der Waals surface area contributed by atoms with E-state index in [1.165, 1.54) is 11.1 Å². The highest BCUT2D eigenvalue weighted by atomic mass is 31.1. The number of hydrogen-bond donors (Lipinski definition) is 0. The molecule has 0 spiro atoms. The van der Waals surface area contributed by atoms with E-state index in [9.17, 15) is 0 Å². The van der Waals surface area contributed by atoms with Crippen molar-refractivity contribution in [1.29, 1.82) is 0 Å². The Hall–Kier alpha value is -1.66. The van der Waals surface area contributed by atoms with Crippen molar-refractivity contribution in [1.82, 2.24) is 0 Å². The number of benzene rings is 2. The van der Waals surface area contributed by atoms with Gasteiger partial charge in [0.05, 0.1) is 0 Å². The Balaban J connectivity index is 2.66. The average molecular weight is 272 g/mol. The van der Waals surface area contributed by atoms with Gasteiger partial charge in [0.25, 0.3) is 0 Å². The van der Waals surface area contributed by atoms with Crippen molar-refractivity contribution in [2.24, 2.45) is 0 Å². The molecule has 0 saturated carbocycles. The molecule has 0 saturated heterocycles. The molecule has 19 heavy (non-hydrogen) atoms. The van der Waals surface area contributed by atoms with Crippen LogP contribution in [-0.2, 0) is 0 Å². The molecule has 0 radical (unpaired) electrons. The maximum absolute atomic E-state index is 5.82. The van der Waals surface area contributed by atoms with Gasteiger partial charge in [-0.05, 0) is 62.1 Å². The van der Waals surface area contributed by atoms with Gasteiger partial charge in [0.15, 0.2) is 0 Å². The van der Waals surface area contributed by atoms with Crippen molar-refractivity contribution in [2.45, 2.75) is 27.7 Å². The zero-order chi connectivity index (χ0) is 13.6. The highest BCUT2D eigenvalue weighted by Gasteiger charge is 2.08. The summed E-state index contributed by atoms with van der Waals surface area (Å²) >= 11 is 0. The molecule has 0 aliphatic heterocycles. The molecule has 0 unspecified atom stereocenters. The van der Waals surface area contributed by atoms with Crippen molar-refractivity contribution >= 4 is 30.6 Å². The van der Waals surface area contributed by atoms with Crippen molar-refractivity contribution in [2.75, 3.05) is 0 Å². The van der Waals surface area contributed by atoms with Gasteiger partial charge in [-0.15, -0.1) is 0 Å². The first kappa shape index (κ1) is 12.4.